The maximum Gasteiger partial charge on any atom is 0.0659 e. The van der Waals surface area contributed by atoms with Gasteiger partial charge in [0.15, 0.2) is 0 Å². The maximum absolute atomic E-state index is 3.59. The third kappa shape index (κ3) is 1.84. The Morgan fingerprint density at radius 1 is 1.08 bits per heavy atom. The van der Waals surface area contributed by atoms with Crippen LogP contribution in [0.4, 0.5) is 0 Å². The van der Waals surface area contributed by atoms with Crippen LogP contribution >= 0.6 is 0 Å². The zero-order chi connectivity index (χ0) is 9.47. The van der Waals surface area contributed by atoms with E-state index in [4.69, 9.17) is 0 Å². The zero-order valence-corrected chi connectivity index (χ0v) is 9.54. The van der Waals surface area contributed by atoms with Crippen LogP contribution in [0.5, 0.6) is 0 Å². The molecule has 0 radical (unpaired) electrons. The predicted octanol–water partition coefficient (Wildman–Crippen LogP) is 2.58. The highest BCUT2D eigenvalue weighted by Gasteiger charge is 2.46. The Hall–Kier alpha value is -0.603. The molecule has 2 atom stereocenters. The van der Waals surface area contributed by atoms with E-state index in [2.05, 4.69) is 55.3 Å². The lowest BCUT2D eigenvalue weighted by atomic mass is 10.2. The van der Waals surface area contributed by atoms with E-state index < -0.39 is 8.07 Å². The van der Waals surface area contributed by atoms with E-state index in [1.807, 2.05) is 0 Å². The van der Waals surface area contributed by atoms with Crippen LogP contribution in [0.2, 0.25) is 19.6 Å². The molecule has 1 fully saturated rings. The van der Waals surface area contributed by atoms with Crippen molar-refractivity contribution in [3.63, 3.8) is 0 Å². The summed E-state index contributed by atoms with van der Waals surface area (Å²) in [6.07, 6.45) is 0. The first-order chi connectivity index (χ1) is 6.09. The standard InChI is InChI=1S/C11H17NSi/c1-13(2,3)11-10(12-11)9-7-5-4-6-8-9/h4-8,10-12H,1-3H3/t10-,11+/m0/s1. The third-order valence-electron chi connectivity index (χ3n) is 2.68. The van der Waals surface area contributed by atoms with Crippen LogP contribution < -0.4 is 5.32 Å². The lowest BCUT2D eigenvalue weighted by molar-refractivity contribution is 1.07. The van der Waals surface area contributed by atoms with Gasteiger partial charge in [0.25, 0.3) is 0 Å². The highest BCUT2D eigenvalue weighted by Crippen LogP contribution is 2.35. The van der Waals surface area contributed by atoms with Gasteiger partial charge in [0.1, 0.15) is 0 Å². The van der Waals surface area contributed by atoms with E-state index in [1.54, 1.807) is 0 Å². The average molecular weight is 191 g/mol. The van der Waals surface area contributed by atoms with Crippen molar-refractivity contribution >= 4 is 8.07 Å². The largest absolute Gasteiger partial charge is 0.307 e. The van der Waals surface area contributed by atoms with E-state index in [0.29, 0.717) is 6.04 Å². The summed E-state index contributed by atoms with van der Waals surface area (Å²) >= 11 is 0. The van der Waals surface area contributed by atoms with E-state index in [-0.39, 0.29) is 0 Å². The van der Waals surface area contributed by atoms with Gasteiger partial charge in [-0.3, -0.25) is 0 Å². The molecule has 1 aliphatic heterocycles. The van der Waals surface area contributed by atoms with Gasteiger partial charge in [-0.05, 0) is 5.56 Å². The first-order valence-electron chi connectivity index (χ1n) is 4.90. The topological polar surface area (TPSA) is 21.9 Å². The summed E-state index contributed by atoms with van der Waals surface area (Å²) in [4.78, 5) is 0. The Bertz CT molecular complexity index is 289. The van der Waals surface area contributed by atoms with Gasteiger partial charge in [0.2, 0.25) is 0 Å². The quantitative estimate of drug-likeness (QED) is 0.563. The van der Waals surface area contributed by atoms with Crippen LogP contribution in [0.3, 0.4) is 0 Å². The van der Waals surface area contributed by atoms with Gasteiger partial charge in [-0.1, -0.05) is 50.0 Å². The SMILES string of the molecule is C[Si](C)(C)[C@H]1N[C@H]1c1ccccc1. The number of hydrogen-bond donors (Lipinski definition) is 1. The van der Waals surface area contributed by atoms with E-state index in [1.165, 1.54) is 5.56 Å². The predicted molar refractivity (Wildman–Crippen MR) is 59.5 cm³/mol. The molecule has 0 amide bonds. The van der Waals surface area contributed by atoms with Gasteiger partial charge in [-0.2, -0.15) is 0 Å². The minimum atomic E-state index is -0.980. The van der Waals surface area contributed by atoms with E-state index in [0.717, 1.165) is 5.67 Å². The van der Waals surface area contributed by atoms with Crippen molar-refractivity contribution in [2.24, 2.45) is 0 Å². The van der Waals surface area contributed by atoms with Gasteiger partial charge in [0.05, 0.1) is 8.07 Å². The average Bonchev–Trinajstić information content (AvgIpc) is 2.83. The Morgan fingerprint density at radius 3 is 2.15 bits per heavy atom. The minimum absolute atomic E-state index is 0.646. The monoisotopic (exact) mass is 191 g/mol. The Morgan fingerprint density at radius 2 is 1.69 bits per heavy atom. The summed E-state index contributed by atoms with van der Waals surface area (Å²) < 4.78 is 0. The molecule has 1 aromatic carbocycles. The second-order valence-electron chi connectivity index (χ2n) is 4.90. The van der Waals surface area contributed by atoms with Crippen molar-refractivity contribution in [3.8, 4) is 0 Å². The normalized spacial score (nSPS) is 27.3. The van der Waals surface area contributed by atoms with Crippen LogP contribution in [-0.4, -0.2) is 13.7 Å². The Kier molecular flexibility index (Phi) is 2.04. The number of rotatable bonds is 2. The lowest BCUT2D eigenvalue weighted by Gasteiger charge is -2.13. The van der Waals surface area contributed by atoms with Gasteiger partial charge in [-0.15, -0.1) is 0 Å². The van der Waals surface area contributed by atoms with Crippen molar-refractivity contribution in [1.29, 1.82) is 0 Å². The van der Waals surface area contributed by atoms with Crippen molar-refractivity contribution in [1.82, 2.24) is 5.32 Å². The minimum Gasteiger partial charge on any atom is -0.307 e. The van der Waals surface area contributed by atoms with E-state index >= 15 is 0 Å². The molecule has 13 heavy (non-hydrogen) atoms. The first-order valence-corrected chi connectivity index (χ1v) is 8.48. The molecule has 1 saturated heterocycles. The van der Waals surface area contributed by atoms with Gasteiger partial charge in [-0.25, -0.2) is 0 Å². The zero-order valence-electron chi connectivity index (χ0n) is 8.54. The van der Waals surface area contributed by atoms with Crippen LogP contribution in [-0.2, 0) is 0 Å². The number of benzene rings is 1. The van der Waals surface area contributed by atoms with Gasteiger partial charge >= 0.3 is 0 Å². The molecule has 0 unspecified atom stereocenters. The van der Waals surface area contributed by atoms with Crippen LogP contribution in [0.25, 0.3) is 0 Å². The molecule has 1 aromatic rings. The summed E-state index contributed by atoms with van der Waals surface area (Å²) in [5.41, 5.74) is 2.24. The number of hydrogen-bond acceptors (Lipinski definition) is 1. The molecule has 1 heterocycles. The second-order valence-corrected chi connectivity index (χ2v) is 10.3. The molecule has 1 N–H and O–H groups in total. The van der Waals surface area contributed by atoms with Gasteiger partial charge in [0, 0.05) is 11.7 Å². The molecule has 70 valence electrons. The maximum atomic E-state index is 3.59. The first kappa shape index (κ1) is 8.97. The molecule has 0 bridgehead atoms. The lowest BCUT2D eigenvalue weighted by Crippen LogP contribution is -2.30. The molecular formula is C11H17NSi. The molecule has 1 nitrogen and oxygen atoms in total. The summed E-state index contributed by atoms with van der Waals surface area (Å²) in [5.74, 6) is 0. The smallest absolute Gasteiger partial charge is 0.0659 e. The van der Waals surface area contributed by atoms with Crippen molar-refractivity contribution < 1.29 is 0 Å². The summed E-state index contributed by atoms with van der Waals surface area (Å²) in [7, 11) is -0.980. The van der Waals surface area contributed by atoms with E-state index in [9.17, 15) is 0 Å². The molecule has 1 aliphatic rings. The van der Waals surface area contributed by atoms with Crippen LogP contribution in [0, 0.1) is 0 Å². The fraction of sp³-hybridized carbons (Fsp3) is 0.455. The Balaban J connectivity index is 2.09. The highest BCUT2D eigenvalue weighted by atomic mass is 28.3. The summed E-state index contributed by atoms with van der Waals surface area (Å²) in [5, 5.41) is 3.59. The van der Waals surface area contributed by atoms with Crippen molar-refractivity contribution in [3.05, 3.63) is 35.9 Å². The molecule has 0 aliphatic carbocycles. The van der Waals surface area contributed by atoms with Crippen LogP contribution in [0.1, 0.15) is 11.6 Å². The fourth-order valence-corrected chi connectivity index (χ4v) is 3.71. The van der Waals surface area contributed by atoms with Crippen molar-refractivity contribution in [2.45, 2.75) is 31.3 Å². The molecule has 2 rings (SSSR count). The Labute approximate surface area is 81.2 Å². The third-order valence-corrected chi connectivity index (χ3v) is 5.04. The summed E-state index contributed by atoms with van der Waals surface area (Å²) in [6, 6.07) is 11.4. The molecule has 2 heteroatoms. The molecule has 0 saturated carbocycles. The molecule has 0 aromatic heterocycles. The number of nitrogens with one attached hydrogen (secondary N) is 1. The molecular weight excluding hydrogens is 174 g/mol. The molecule has 0 spiro atoms. The second kappa shape index (κ2) is 2.96. The van der Waals surface area contributed by atoms with Crippen molar-refractivity contribution in [2.75, 3.05) is 0 Å². The summed E-state index contributed by atoms with van der Waals surface area (Å²) in [6.45, 7) is 7.27. The highest BCUT2D eigenvalue weighted by molar-refractivity contribution is 6.78. The fourth-order valence-electron chi connectivity index (χ4n) is 1.84. The van der Waals surface area contributed by atoms with Crippen LogP contribution in [0.15, 0.2) is 30.3 Å². The van der Waals surface area contributed by atoms with Gasteiger partial charge < -0.3 is 5.32 Å².